The Bertz CT molecular complexity index is 1520. The van der Waals surface area contributed by atoms with Gasteiger partial charge in [-0.25, -0.2) is 9.59 Å². The SMILES string of the molecule is CC(C)(C)OC(=O)N1CCC(OC(=O)Nc2ccc3cc(-c4c[nH]c5ccccc45)c(=O)[nH]c3c2)CC1. The minimum Gasteiger partial charge on any atom is -0.446 e. The Labute approximate surface area is 213 Å². The van der Waals surface area contributed by atoms with Gasteiger partial charge in [0.05, 0.1) is 5.52 Å². The van der Waals surface area contributed by atoms with Crippen LogP contribution in [0.2, 0.25) is 0 Å². The number of likely N-dealkylation sites (tertiary alicyclic amines) is 1. The number of rotatable bonds is 3. The second-order valence-corrected chi connectivity index (χ2v) is 10.3. The second-order valence-electron chi connectivity index (χ2n) is 10.3. The fraction of sp³-hybridized carbons (Fsp3) is 0.321. The van der Waals surface area contributed by atoms with Crippen LogP contribution in [0.1, 0.15) is 33.6 Å². The number of carbonyl (C=O) groups is 2. The number of para-hydroxylation sites is 1. The molecule has 37 heavy (non-hydrogen) atoms. The van der Waals surface area contributed by atoms with Crippen molar-refractivity contribution >= 4 is 39.7 Å². The first-order valence-corrected chi connectivity index (χ1v) is 12.4. The maximum absolute atomic E-state index is 12.9. The van der Waals surface area contributed by atoms with Crippen LogP contribution in [0.4, 0.5) is 15.3 Å². The third-order valence-electron chi connectivity index (χ3n) is 6.34. The highest BCUT2D eigenvalue weighted by atomic mass is 16.6. The fourth-order valence-electron chi connectivity index (χ4n) is 4.55. The Balaban J connectivity index is 1.23. The summed E-state index contributed by atoms with van der Waals surface area (Å²) in [6.07, 6.45) is 1.69. The van der Waals surface area contributed by atoms with Crippen LogP contribution in [0.3, 0.4) is 0 Å². The molecule has 0 radical (unpaired) electrons. The quantitative estimate of drug-likeness (QED) is 0.336. The van der Waals surface area contributed by atoms with Crippen LogP contribution in [0.15, 0.2) is 59.5 Å². The Morgan fingerprint density at radius 2 is 1.76 bits per heavy atom. The lowest BCUT2D eigenvalue weighted by Crippen LogP contribution is -2.44. The molecule has 1 aliphatic heterocycles. The number of aromatic nitrogens is 2. The number of nitrogens with zero attached hydrogens (tertiary/aromatic N) is 1. The first-order chi connectivity index (χ1) is 17.7. The summed E-state index contributed by atoms with van der Waals surface area (Å²) in [5.74, 6) is 0. The van der Waals surface area contributed by atoms with Crippen molar-refractivity contribution in [2.75, 3.05) is 18.4 Å². The predicted molar refractivity (Wildman–Crippen MR) is 143 cm³/mol. The number of piperidine rings is 1. The second kappa shape index (κ2) is 9.65. The van der Waals surface area contributed by atoms with E-state index in [9.17, 15) is 14.4 Å². The van der Waals surface area contributed by atoms with Gasteiger partial charge >= 0.3 is 12.2 Å². The Morgan fingerprint density at radius 1 is 1.00 bits per heavy atom. The molecule has 2 aromatic carbocycles. The molecule has 9 heteroatoms. The zero-order chi connectivity index (χ0) is 26.2. The van der Waals surface area contributed by atoms with E-state index >= 15 is 0 Å². The van der Waals surface area contributed by atoms with E-state index in [1.807, 2.05) is 63.4 Å². The largest absolute Gasteiger partial charge is 0.446 e. The molecular weight excluding hydrogens is 472 g/mol. The van der Waals surface area contributed by atoms with E-state index < -0.39 is 11.7 Å². The van der Waals surface area contributed by atoms with E-state index in [-0.39, 0.29) is 17.8 Å². The van der Waals surface area contributed by atoms with E-state index in [0.717, 1.165) is 21.9 Å². The van der Waals surface area contributed by atoms with Gasteiger partial charge < -0.3 is 24.3 Å². The molecule has 0 aliphatic carbocycles. The van der Waals surface area contributed by atoms with E-state index in [1.165, 1.54) is 0 Å². The van der Waals surface area contributed by atoms with E-state index in [4.69, 9.17) is 9.47 Å². The maximum Gasteiger partial charge on any atom is 0.411 e. The summed E-state index contributed by atoms with van der Waals surface area (Å²) in [5, 5.41) is 4.56. The highest BCUT2D eigenvalue weighted by Gasteiger charge is 2.28. The number of aromatic amines is 2. The number of H-pyrrole nitrogens is 2. The number of nitrogens with one attached hydrogen (secondary N) is 3. The summed E-state index contributed by atoms with van der Waals surface area (Å²) in [5.41, 5.74) is 2.73. The zero-order valence-corrected chi connectivity index (χ0v) is 21.1. The number of anilines is 1. The van der Waals surface area contributed by atoms with Crippen LogP contribution in [-0.2, 0) is 9.47 Å². The summed E-state index contributed by atoms with van der Waals surface area (Å²) in [6, 6.07) is 15.0. The number of carbonyl (C=O) groups excluding carboxylic acids is 2. The van der Waals surface area contributed by atoms with Gasteiger partial charge in [0, 0.05) is 59.8 Å². The molecule has 0 spiro atoms. The Kier molecular flexibility index (Phi) is 6.37. The van der Waals surface area contributed by atoms with Gasteiger partial charge in [0.2, 0.25) is 0 Å². The minimum atomic E-state index is -0.576. The molecule has 2 amide bonds. The van der Waals surface area contributed by atoms with Crippen LogP contribution >= 0.6 is 0 Å². The third kappa shape index (κ3) is 5.45. The van der Waals surface area contributed by atoms with Crippen molar-refractivity contribution in [3.05, 3.63) is 65.1 Å². The average molecular weight is 503 g/mol. The molecule has 0 bridgehead atoms. The standard InChI is InChI=1S/C28H30N4O5/c1-28(2,3)37-27(35)32-12-10-19(11-13-32)36-26(34)30-18-9-8-17-14-21(25(33)31-24(17)15-18)22-16-29-23-7-5-4-6-20(22)23/h4-9,14-16,19,29H,10-13H2,1-3H3,(H,30,34)(H,31,33). The molecule has 3 heterocycles. The number of pyridine rings is 1. The van der Waals surface area contributed by atoms with Crippen LogP contribution in [0, 0.1) is 0 Å². The van der Waals surface area contributed by atoms with Gasteiger partial charge in [-0.05, 0) is 50.4 Å². The lowest BCUT2D eigenvalue weighted by molar-refractivity contribution is 0.00794. The first-order valence-electron chi connectivity index (χ1n) is 12.4. The van der Waals surface area contributed by atoms with E-state index in [0.29, 0.717) is 42.7 Å². The van der Waals surface area contributed by atoms with Gasteiger partial charge in [-0.2, -0.15) is 0 Å². The number of ether oxygens (including phenoxy) is 2. The van der Waals surface area contributed by atoms with Crippen LogP contribution in [0.25, 0.3) is 32.9 Å². The molecule has 3 N–H and O–H groups in total. The van der Waals surface area contributed by atoms with Crippen molar-refractivity contribution < 1.29 is 19.1 Å². The molecule has 0 unspecified atom stereocenters. The molecule has 5 rings (SSSR count). The zero-order valence-electron chi connectivity index (χ0n) is 21.1. The smallest absolute Gasteiger partial charge is 0.411 e. The number of hydrogen-bond donors (Lipinski definition) is 3. The monoisotopic (exact) mass is 502 g/mol. The fourth-order valence-corrected chi connectivity index (χ4v) is 4.55. The number of fused-ring (bicyclic) bond motifs is 2. The van der Waals surface area contributed by atoms with Crippen LogP contribution in [0.5, 0.6) is 0 Å². The first kappa shape index (κ1) is 24.4. The van der Waals surface area contributed by atoms with Gasteiger partial charge in [0.1, 0.15) is 11.7 Å². The molecule has 1 fully saturated rings. The highest BCUT2D eigenvalue weighted by molar-refractivity contribution is 5.98. The molecule has 9 nitrogen and oxygen atoms in total. The highest BCUT2D eigenvalue weighted by Crippen LogP contribution is 2.28. The van der Waals surface area contributed by atoms with Gasteiger partial charge in [-0.3, -0.25) is 10.1 Å². The lowest BCUT2D eigenvalue weighted by Gasteiger charge is -2.33. The molecular formula is C28H30N4O5. The molecule has 1 saturated heterocycles. The van der Waals surface area contributed by atoms with Gasteiger partial charge in [0.25, 0.3) is 5.56 Å². The summed E-state index contributed by atoms with van der Waals surface area (Å²) in [4.78, 5) is 45.4. The molecule has 0 saturated carbocycles. The number of amides is 2. The molecule has 0 atom stereocenters. The molecule has 2 aromatic heterocycles. The van der Waals surface area contributed by atoms with E-state index in [2.05, 4.69) is 15.3 Å². The summed E-state index contributed by atoms with van der Waals surface area (Å²) in [7, 11) is 0. The van der Waals surface area contributed by atoms with Gasteiger partial charge in [-0.15, -0.1) is 0 Å². The summed E-state index contributed by atoms with van der Waals surface area (Å²) < 4.78 is 11.0. The number of benzene rings is 2. The van der Waals surface area contributed by atoms with Crippen molar-refractivity contribution in [2.45, 2.75) is 45.3 Å². The van der Waals surface area contributed by atoms with Gasteiger partial charge in [0.15, 0.2) is 0 Å². The Hall–Kier alpha value is -4.27. The Morgan fingerprint density at radius 3 is 2.51 bits per heavy atom. The molecule has 4 aromatic rings. The molecule has 192 valence electrons. The van der Waals surface area contributed by atoms with Crippen molar-refractivity contribution in [2.24, 2.45) is 0 Å². The van der Waals surface area contributed by atoms with E-state index in [1.54, 1.807) is 17.0 Å². The number of hydrogen-bond acceptors (Lipinski definition) is 5. The van der Waals surface area contributed by atoms with Gasteiger partial charge in [-0.1, -0.05) is 24.3 Å². The van der Waals surface area contributed by atoms with Crippen molar-refractivity contribution in [1.82, 2.24) is 14.9 Å². The third-order valence-corrected chi connectivity index (χ3v) is 6.34. The normalized spacial score (nSPS) is 14.6. The van der Waals surface area contributed by atoms with Crippen LogP contribution < -0.4 is 10.9 Å². The summed E-state index contributed by atoms with van der Waals surface area (Å²) >= 11 is 0. The predicted octanol–water partition coefficient (Wildman–Crippen LogP) is 5.62. The van der Waals surface area contributed by atoms with Crippen molar-refractivity contribution in [1.29, 1.82) is 0 Å². The maximum atomic E-state index is 12.9. The minimum absolute atomic E-state index is 0.214. The van der Waals surface area contributed by atoms with Crippen LogP contribution in [-0.4, -0.2) is 51.8 Å². The lowest BCUT2D eigenvalue weighted by atomic mass is 10.0. The van der Waals surface area contributed by atoms with Crippen molar-refractivity contribution in [3.63, 3.8) is 0 Å². The van der Waals surface area contributed by atoms with Crippen molar-refractivity contribution in [3.8, 4) is 11.1 Å². The average Bonchev–Trinajstić information content (AvgIpc) is 3.27. The summed E-state index contributed by atoms with van der Waals surface area (Å²) in [6.45, 7) is 6.41. The topological polar surface area (TPSA) is 117 Å². The molecule has 1 aliphatic rings.